The van der Waals surface area contributed by atoms with E-state index in [4.69, 9.17) is 10.9 Å². The maximum absolute atomic E-state index is 11.8. The van der Waals surface area contributed by atoms with Crippen LogP contribution in [0.4, 0.5) is 8.78 Å². The molecule has 0 radical (unpaired) electrons. The summed E-state index contributed by atoms with van der Waals surface area (Å²) in [6, 6.07) is 0. The molecule has 1 heterocycles. The molecule has 0 aliphatic carbocycles. The first kappa shape index (κ1) is 16.6. The second-order valence-electron chi connectivity index (χ2n) is 5.14. The predicted octanol–water partition coefficient (Wildman–Crippen LogP) is 1.03. The van der Waals surface area contributed by atoms with Gasteiger partial charge in [0.05, 0.1) is 13.0 Å². The van der Waals surface area contributed by atoms with Gasteiger partial charge in [-0.25, -0.2) is 8.78 Å². The Balaban J connectivity index is 2.32. The summed E-state index contributed by atoms with van der Waals surface area (Å²) in [6.45, 7) is 2.24. The Labute approximate surface area is 116 Å². The van der Waals surface area contributed by atoms with E-state index in [0.717, 1.165) is 0 Å². The van der Waals surface area contributed by atoms with Gasteiger partial charge in [0, 0.05) is 18.5 Å². The first-order chi connectivity index (χ1) is 9.39. The Hall–Kier alpha value is -1.44. The van der Waals surface area contributed by atoms with Crippen molar-refractivity contribution in [3.05, 3.63) is 0 Å². The van der Waals surface area contributed by atoms with E-state index in [1.54, 1.807) is 4.90 Å². The van der Waals surface area contributed by atoms with Crippen molar-refractivity contribution in [2.75, 3.05) is 26.3 Å². The number of piperidine rings is 1. The number of carbonyl (C=O) groups is 1. The Bertz CT molecular complexity index is 356. The number of oxime groups is 1. The molecular formula is C12H21F2N3O3. The second kappa shape index (κ2) is 7.37. The van der Waals surface area contributed by atoms with E-state index in [2.05, 4.69) is 9.89 Å². The molecule has 20 heavy (non-hydrogen) atoms. The van der Waals surface area contributed by atoms with Crippen LogP contribution in [0.5, 0.6) is 0 Å². The highest BCUT2D eigenvalue weighted by molar-refractivity contribution is 5.86. The Kier molecular flexibility index (Phi) is 6.12. The molecule has 8 heteroatoms. The number of nitrogens with two attached hydrogens (primary N) is 1. The first-order valence-corrected chi connectivity index (χ1v) is 6.51. The maximum Gasteiger partial charge on any atom is 0.261 e. The van der Waals surface area contributed by atoms with Crippen LogP contribution in [0.1, 0.15) is 26.2 Å². The quantitative estimate of drug-likeness (QED) is 0.252. The standard InChI is InChI=1S/C12H21F2N3O3/c1-12(11(15)16-19)3-5-17(6-4-12)10(18)2-7-20-8-9(13)14/h9,19H,2-8H2,1H3,(H2,15,16). The van der Waals surface area contributed by atoms with Crippen LogP contribution in [-0.4, -0.2) is 54.6 Å². The fourth-order valence-electron chi connectivity index (χ4n) is 2.12. The zero-order valence-corrected chi connectivity index (χ0v) is 11.5. The molecule has 6 nitrogen and oxygen atoms in total. The van der Waals surface area contributed by atoms with Crippen molar-refractivity contribution in [2.24, 2.45) is 16.3 Å². The van der Waals surface area contributed by atoms with E-state index in [0.29, 0.717) is 25.9 Å². The van der Waals surface area contributed by atoms with Crippen LogP contribution in [0.3, 0.4) is 0 Å². The van der Waals surface area contributed by atoms with Gasteiger partial charge in [0.2, 0.25) is 5.91 Å². The predicted molar refractivity (Wildman–Crippen MR) is 68.8 cm³/mol. The van der Waals surface area contributed by atoms with E-state index in [-0.39, 0.29) is 24.8 Å². The number of amidine groups is 1. The lowest BCUT2D eigenvalue weighted by molar-refractivity contribution is -0.134. The highest BCUT2D eigenvalue weighted by Crippen LogP contribution is 2.31. The lowest BCUT2D eigenvalue weighted by atomic mass is 9.79. The van der Waals surface area contributed by atoms with E-state index < -0.39 is 18.4 Å². The fraction of sp³-hybridized carbons (Fsp3) is 0.833. The van der Waals surface area contributed by atoms with E-state index in [1.165, 1.54) is 0 Å². The summed E-state index contributed by atoms with van der Waals surface area (Å²) in [5.74, 6) is 0.0469. The minimum Gasteiger partial charge on any atom is -0.409 e. The van der Waals surface area contributed by atoms with Crippen molar-refractivity contribution in [1.29, 1.82) is 0 Å². The smallest absolute Gasteiger partial charge is 0.261 e. The fourth-order valence-corrected chi connectivity index (χ4v) is 2.12. The zero-order valence-electron chi connectivity index (χ0n) is 11.5. The van der Waals surface area contributed by atoms with Crippen LogP contribution >= 0.6 is 0 Å². The number of carbonyl (C=O) groups excluding carboxylic acids is 1. The van der Waals surface area contributed by atoms with Gasteiger partial charge < -0.3 is 20.6 Å². The number of hydrogen-bond acceptors (Lipinski definition) is 4. The maximum atomic E-state index is 11.8. The van der Waals surface area contributed by atoms with Gasteiger partial charge in [0.15, 0.2) is 0 Å². The number of ether oxygens (including phenoxy) is 1. The third-order valence-electron chi connectivity index (χ3n) is 3.65. The van der Waals surface area contributed by atoms with Gasteiger partial charge in [-0.15, -0.1) is 0 Å². The average molecular weight is 293 g/mol. The SMILES string of the molecule is CC1(C(N)=NO)CCN(C(=O)CCOCC(F)F)CC1. The summed E-state index contributed by atoms with van der Waals surface area (Å²) in [6.07, 6.45) is -1.21. The summed E-state index contributed by atoms with van der Waals surface area (Å²) in [4.78, 5) is 13.5. The molecule has 3 N–H and O–H groups in total. The van der Waals surface area contributed by atoms with Crippen molar-refractivity contribution >= 4 is 11.7 Å². The third-order valence-corrected chi connectivity index (χ3v) is 3.65. The van der Waals surface area contributed by atoms with Crippen LogP contribution in [0.25, 0.3) is 0 Å². The van der Waals surface area contributed by atoms with Crippen LogP contribution in [0.2, 0.25) is 0 Å². The highest BCUT2D eigenvalue weighted by Gasteiger charge is 2.35. The lowest BCUT2D eigenvalue weighted by Gasteiger charge is -2.38. The zero-order chi connectivity index (χ0) is 15.2. The molecule has 1 rings (SSSR count). The molecule has 0 spiro atoms. The topological polar surface area (TPSA) is 88.2 Å². The van der Waals surface area contributed by atoms with Gasteiger partial charge in [0.1, 0.15) is 12.4 Å². The summed E-state index contributed by atoms with van der Waals surface area (Å²) in [5, 5.41) is 11.8. The van der Waals surface area contributed by atoms with Gasteiger partial charge in [-0.05, 0) is 12.8 Å². The lowest BCUT2D eigenvalue weighted by Crippen LogP contribution is -2.47. The summed E-state index contributed by atoms with van der Waals surface area (Å²) >= 11 is 0. The highest BCUT2D eigenvalue weighted by atomic mass is 19.3. The van der Waals surface area contributed by atoms with Crippen molar-refractivity contribution in [2.45, 2.75) is 32.6 Å². The molecule has 0 saturated carbocycles. The number of hydrogen-bond donors (Lipinski definition) is 2. The molecule has 1 aliphatic heterocycles. The number of likely N-dealkylation sites (tertiary alicyclic amines) is 1. The van der Waals surface area contributed by atoms with Crippen molar-refractivity contribution in [3.8, 4) is 0 Å². The van der Waals surface area contributed by atoms with Gasteiger partial charge >= 0.3 is 0 Å². The van der Waals surface area contributed by atoms with Crippen molar-refractivity contribution in [3.63, 3.8) is 0 Å². The molecule has 0 aromatic carbocycles. The summed E-state index contributed by atoms with van der Waals surface area (Å²) in [5.41, 5.74) is 5.23. The monoisotopic (exact) mass is 293 g/mol. The van der Waals surface area contributed by atoms with E-state index in [1.807, 2.05) is 6.92 Å². The minimum atomic E-state index is -2.51. The molecule has 0 aromatic heterocycles. The molecule has 0 aromatic rings. The Morgan fingerprint density at radius 3 is 2.60 bits per heavy atom. The largest absolute Gasteiger partial charge is 0.409 e. The Morgan fingerprint density at radius 2 is 2.10 bits per heavy atom. The van der Waals surface area contributed by atoms with Crippen molar-refractivity contribution < 1.29 is 23.5 Å². The van der Waals surface area contributed by atoms with Gasteiger partial charge in [-0.2, -0.15) is 0 Å². The molecule has 0 unspecified atom stereocenters. The number of alkyl halides is 2. The molecule has 1 aliphatic rings. The molecular weight excluding hydrogens is 272 g/mol. The van der Waals surface area contributed by atoms with Crippen LogP contribution in [0, 0.1) is 5.41 Å². The number of amides is 1. The van der Waals surface area contributed by atoms with Gasteiger partial charge in [0.25, 0.3) is 6.43 Å². The third kappa shape index (κ3) is 4.59. The second-order valence-corrected chi connectivity index (χ2v) is 5.14. The van der Waals surface area contributed by atoms with Crippen LogP contribution < -0.4 is 5.73 Å². The number of halogens is 2. The van der Waals surface area contributed by atoms with Crippen LogP contribution in [-0.2, 0) is 9.53 Å². The molecule has 1 fully saturated rings. The average Bonchev–Trinajstić information content (AvgIpc) is 2.43. The first-order valence-electron chi connectivity index (χ1n) is 6.51. The molecule has 116 valence electrons. The molecule has 0 bridgehead atoms. The van der Waals surface area contributed by atoms with Crippen LogP contribution in [0.15, 0.2) is 5.16 Å². The van der Waals surface area contributed by atoms with Crippen molar-refractivity contribution in [1.82, 2.24) is 4.90 Å². The van der Waals surface area contributed by atoms with Gasteiger partial charge in [-0.3, -0.25) is 4.79 Å². The number of nitrogens with zero attached hydrogens (tertiary/aromatic N) is 2. The number of rotatable bonds is 6. The van der Waals surface area contributed by atoms with E-state index >= 15 is 0 Å². The molecule has 1 amide bonds. The minimum absolute atomic E-state index is 0.00280. The molecule has 0 atom stereocenters. The molecule has 1 saturated heterocycles. The normalized spacial score (nSPS) is 19.4. The Morgan fingerprint density at radius 1 is 1.50 bits per heavy atom. The summed E-state index contributed by atoms with van der Waals surface area (Å²) in [7, 11) is 0. The summed E-state index contributed by atoms with van der Waals surface area (Å²) < 4.78 is 28.4. The van der Waals surface area contributed by atoms with Gasteiger partial charge in [-0.1, -0.05) is 12.1 Å². The van der Waals surface area contributed by atoms with E-state index in [9.17, 15) is 13.6 Å².